The van der Waals surface area contributed by atoms with Crippen LogP contribution in [0.15, 0.2) is 24.3 Å². The largest absolute Gasteiger partial charge is 0.381 e. The number of hydrogen-bond acceptors (Lipinski definition) is 2. The second-order valence-electron chi connectivity index (χ2n) is 5.21. The molecule has 0 radical (unpaired) electrons. The molecule has 94 valence electrons. The van der Waals surface area contributed by atoms with Crippen molar-refractivity contribution >= 4 is 0 Å². The maximum atomic E-state index is 5.48. The van der Waals surface area contributed by atoms with Crippen LogP contribution >= 0.6 is 0 Å². The third-order valence-corrected chi connectivity index (χ3v) is 3.71. The van der Waals surface area contributed by atoms with E-state index in [9.17, 15) is 0 Å². The van der Waals surface area contributed by atoms with E-state index >= 15 is 0 Å². The highest BCUT2D eigenvalue weighted by atomic mass is 16.5. The molecule has 0 aromatic heterocycles. The molecule has 0 saturated carbocycles. The minimum absolute atomic E-state index is 0.429. The van der Waals surface area contributed by atoms with Crippen LogP contribution in [0, 0.1) is 5.92 Å². The summed E-state index contributed by atoms with van der Waals surface area (Å²) in [5, 5.41) is 3.43. The van der Waals surface area contributed by atoms with E-state index in [-0.39, 0.29) is 0 Å². The molecule has 1 N–H and O–H groups in total. The molecule has 0 aliphatic carbocycles. The van der Waals surface area contributed by atoms with Crippen LogP contribution in [0.1, 0.15) is 43.4 Å². The van der Waals surface area contributed by atoms with Crippen LogP contribution in [0.5, 0.6) is 0 Å². The van der Waals surface area contributed by atoms with Gasteiger partial charge in [-0.15, -0.1) is 0 Å². The standard InChI is InChI=1S/C15H23NO/c1-11(2)12-4-6-13(7-5-12)15(16-3)14-8-9-17-10-14/h4-7,11,14-16H,8-10H2,1-3H3. The van der Waals surface area contributed by atoms with E-state index < -0.39 is 0 Å². The first kappa shape index (κ1) is 12.6. The van der Waals surface area contributed by atoms with Crippen LogP contribution in [0.25, 0.3) is 0 Å². The van der Waals surface area contributed by atoms with Crippen molar-refractivity contribution in [3.8, 4) is 0 Å². The smallest absolute Gasteiger partial charge is 0.0513 e. The molecule has 0 spiro atoms. The van der Waals surface area contributed by atoms with E-state index in [4.69, 9.17) is 4.74 Å². The number of hydrogen-bond donors (Lipinski definition) is 1. The van der Waals surface area contributed by atoms with Gasteiger partial charge in [0.05, 0.1) is 6.61 Å². The van der Waals surface area contributed by atoms with Gasteiger partial charge in [0.15, 0.2) is 0 Å². The zero-order valence-corrected chi connectivity index (χ0v) is 11.1. The molecule has 2 atom stereocenters. The Hall–Kier alpha value is -0.860. The quantitative estimate of drug-likeness (QED) is 0.862. The molecule has 2 nitrogen and oxygen atoms in total. The van der Waals surface area contributed by atoms with Crippen LogP contribution in [0.2, 0.25) is 0 Å². The number of benzene rings is 1. The van der Waals surface area contributed by atoms with Gasteiger partial charge in [-0.05, 0) is 30.5 Å². The summed E-state index contributed by atoms with van der Waals surface area (Å²) in [6.07, 6.45) is 1.16. The van der Waals surface area contributed by atoms with E-state index in [0.29, 0.717) is 17.9 Å². The van der Waals surface area contributed by atoms with Crippen LogP contribution < -0.4 is 5.32 Å². The minimum atomic E-state index is 0.429. The lowest BCUT2D eigenvalue weighted by Crippen LogP contribution is -2.25. The third kappa shape index (κ3) is 2.88. The van der Waals surface area contributed by atoms with Gasteiger partial charge in [0.25, 0.3) is 0 Å². The van der Waals surface area contributed by atoms with E-state index in [1.807, 2.05) is 7.05 Å². The summed E-state index contributed by atoms with van der Waals surface area (Å²) in [6, 6.07) is 9.45. The molecular weight excluding hydrogens is 210 g/mol. The van der Waals surface area contributed by atoms with Gasteiger partial charge in [0.1, 0.15) is 0 Å². The van der Waals surface area contributed by atoms with Gasteiger partial charge < -0.3 is 10.1 Å². The average Bonchev–Trinajstić information content (AvgIpc) is 2.84. The summed E-state index contributed by atoms with van der Waals surface area (Å²) in [5.41, 5.74) is 2.79. The summed E-state index contributed by atoms with van der Waals surface area (Å²) in [6.45, 7) is 6.26. The highest BCUT2D eigenvalue weighted by molar-refractivity contribution is 5.27. The van der Waals surface area contributed by atoms with Crippen molar-refractivity contribution in [1.29, 1.82) is 0 Å². The molecule has 1 aromatic rings. The van der Waals surface area contributed by atoms with Gasteiger partial charge in [-0.25, -0.2) is 0 Å². The van der Waals surface area contributed by atoms with Gasteiger partial charge in [-0.3, -0.25) is 0 Å². The Morgan fingerprint density at radius 3 is 2.29 bits per heavy atom. The molecule has 1 saturated heterocycles. The maximum absolute atomic E-state index is 5.48. The van der Waals surface area contributed by atoms with Gasteiger partial charge in [-0.2, -0.15) is 0 Å². The Morgan fingerprint density at radius 1 is 1.18 bits per heavy atom. The molecule has 1 heterocycles. The van der Waals surface area contributed by atoms with Crippen molar-refractivity contribution in [3.05, 3.63) is 35.4 Å². The fourth-order valence-electron chi connectivity index (χ4n) is 2.58. The molecule has 17 heavy (non-hydrogen) atoms. The third-order valence-electron chi connectivity index (χ3n) is 3.71. The fourth-order valence-corrected chi connectivity index (χ4v) is 2.58. The lowest BCUT2D eigenvalue weighted by Gasteiger charge is -2.22. The van der Waals surface area contributed by atoms with Crippen molar-refractivity contribution in [3.63, 3.8) is 0 Å². The first-order valence-electron chi connectivity index (χ1n) is 6.57. The lowest BCUT2D eigenvalue weighted by molar-refractivity contribution is 0.178. The summed E-state index contributed by atoms with van der Waals surface area (Å²) in [5.74, 6) is 1.22. The number of rotatable bonds is 4. The summed E-state index contributed by atoms with van der Waals surface area (Å²) >= 11 is 0. The highest BCUT2D eigenvalue weighted by Crippen LogP contribution is 2.29. The summed E-state index contributed by atoms with van der Waals surface area (Å²) in [4.78, 5) is 0. The predicted molar refractivity (Wildman–Crippen MR) is 71.3 cm³/mol. The zero-order chi connectivity index (χ0) is 12.3. The maximum Gasteiger partial charge on any atom is 0.0513 e. The first-order valence-corrected chi connectivity index (χ1v) is 6.57. The molecule has 0 amide bonds. The van der Waals surface area contributed by atoms with E-state index in [1.165, 1.54) is 11.1 Å². The van der Waals surface area contributed by atoms with Crippen molar-refractivity contribution in [2.45, 2.75) is 32.2 Å². The zero-order valence-electron chi connectivity index (χ0n) is 11.1. The molecule has 1 aliphatic rings. The molecule has 2 rings (SSSR count). The van der Waals surface area contributed by atoms with Crippen LogP contribution in [-0.2, 0) is 4.74 Å². The van der Waals surface area contributed by atoms with Gasteiger partial charge in [-0.1, -0.05) is 38.1 Å². The van der Waals surface area contributed by atoms with Crippen LogP contribution in [0.4, 0.5) is 0 Å². The van der Waals surface area contributed by atoms with Crippen molar-refractivity contribution < 1.29 is 4.74 Å². The molecular formula is C15H23NO. The van der Waals surface area contributed by atoms with E-state index in [0.717, 1.165) is 19.6 Å². The van der Waals surface area contributed by atoms with Gasteiger partial charge in [0.2, 0.25) is 0 Å². The van der Waals surface area contributed by atoms with E-state index in [2.05, 4.69) is 43.4 Å². The number of ether oxygens (including phenoxy) is 1. The minimum Gasteiger partial charge on any atom is -0.381 e. The SMILES string of the molecule is CNC(c1ccc(C(C)C)cc1)C1CCOC1. The molecule has 1 aliphatic heterocycles. The Labute approximate surface area is 104 Å². The topological polar surface area (TPSA) is 21.3 Å². The first-order chi connectivity index (χ1) is 8.22. The second kappa shape index (κ2) is 5.65. The Bertz CT molecular complexity index is 338. The van der Waals surface area contributed by atoms with Crippen molar-refractivity contribution in [2.24, 2.45) is 5.92 Å². The molecule has 1 fully saturated rings. The van der Waals surface area contributed by atoms with Crippen molar-refractivity contribution in [2.75, 3.05) is 20.3 Å². The lowest BCUT2D eigenvalue weighted by atomic mass is 9.91. The predicted octanol–water partition coefficient (Wildman–Crippen LogP) is 3.11. The van der Waals surface area contributed by atoms with Gasteiger partial charge >= 0.3 is 0 Å². The Kier molecular flexibility index (Phi) is 4.19. The Balaban J connectivity index is 2.13. The van der Waals surface area contributed by atoms with Crippen LogP contribution in [-0.4, -0.2) is 20.3 Å². The number of nitrogens with one attached hydrogen (secondary N) is 1. The highest BCUT2D eigenvalue weighted by Gasteiger charge is 2.25. The molecule has 2 heteroatoms. The van der Waals surface area contributed by atoms with Crippen LogP contribution in [0.3, 0.4) is 0 Å². The average molecular weight is 233 g/mol. The van der Waals surface area contributed by atoms with Gasteiger partial charge in [0, 0.05) is 18.6 Å². The fraction of sp³-hybridized carbons (Fsp3) is 0.600. The summed E-state index contributed by atoms with van der Waals surface area (Å²) < 4.78 is 5.48. The summed E-state index contributed by atoms with van der Waals surface area (Å²) in [7, 11) is 2.04. The second-order valence-corrected chi connectivity index (χ2v) is 5.21. The Morgan fingerprint density at radius 2 is 1.82 bits per heavy atom. The molecule has 1 aromatic carbocycles. The normalized spacial score (nSPS) is 22.0. The van der Waals surface area contributed by atoms with E-state index in [1.54, 1.807) is 0 Å². The molecule has 2 unspecified atom stereocenters. The molecule has 0 bridgehead atoms. The monoisotopic (exact) mass is 233 g/mol. The van der Waals surface area contributed by atoms with Crippen molar-refractivity contribution in [1.82, 2.24) is 5.32 Å².